The zero-order valence-corrected chi connectivity index (χ0v) is 16.7. The number of hydrogen-bond acceptors (Lipinski definition) is 0. The van der Waals surface area contributed by atoms with E-state index in [4.69, 9.17) is 0 Å². The van der Waals surface area contributed by atoms with Gasteiger partial charge in [-0.2, -0.15) is 0 Å². The van der Waals surface area contributed by atoms with E-state index in [-0.39, 0.29) is 0 Å². The Balaban J connectivity index is 2.57. The third kappa shape index (κ3) is 2.16. The van der Waals surface area contributed by atoms with Crippen LogP contribution in [-0.2, 0) is 0 Å². The monoisotopic (exact) mass is 300 g/mol. The first-order valence-electron chi connectivity index (χ1n) is 8.31. The first-order chi connectivity index (χ1) is 9.53. The van der Waals surface area contributed by atoms with Crippen LogP contribution < -0.4 is 0 Å². The SMILES string of the molecule is CC1=C(C)C(C)C([Si](C)(C)C2=C(C)C(C)=C(C)C2C)=C1C. The summed E-state index contributed by atoms with van der Waals surface area (Å²) in [4.78, 5) is 0. The van der Waals surface area contributed by atoms with Gasteiger partial charge < -0.3 is 0 Å². The average molecular weight is 301 g/mol. The molecule has 2 unspecified atom stereocenters. The molecule has 0 aromatic rings. The van der Waals surface area contributed by atoms with E-state index in [1.54, 1.807) is 43.8 Å². The average Bonchev–Trinajstić information content (AvgIpc) is 2.72. The molecule has 0 saturated heterocycles. The van der Waals surface area contributed by atoms with Crippen LogP contribution in [0.2, 0.25) is 13.1 Å². The topological polar surface area (TPSA) is 0 Å². The lowest BCUT2D eigenvalue weighted by Crippen LogP contribution is -2.38. The number of hydrogen-bond donors (Lipinski definition) is 0. The second kappa shape index (κ2) is 5.12. The molecule has 0 aliphatic heterocycles. The van der Waals surface area contributed by atoms with Gasteiger partial charge in [0.15, 0.2) is 0 Å². The lowest BCUT2D eigenvalue weighted by atomic mass is 10.0. The molecule has 0 bridgehead atoms. The van der Waals surface area contributed by atoms with Crippen molar-refractivity contribution in [1.82, 2.24) is 0 Å². The standard InChI is InChI=1S/C20H32Si/c1-11-12(2)16(6)19(15(11)5)21(9,10)20-17(7)13(3)14(4)18(20)8/h15,17H,1-10H3. The summed E-state index contributed by atoms with van der Waals surface area (Å²) in [5.74, 6) is 1.28. The summed E-state index contributed by atoms with van der Waals surface area (Å²) in [6, 6.07) is 0. The molecule has 0 saturated carbocycles. The molecule has 0 amide bonds. The van der Waals surface area contributed by atoms with Crippen molar-refractivity contribution in [3.8, 4) is 0 Å². The molecular weight excluding hydrogens is 268 g/mol. The van der Waals surface area contributed by atoms with Crippen molar-refractivity contribution in [3.63, 3.8) is 0 Å². The van der Waals surface area contributed by atoms with Crippen molar-refractivity contribution in [2.75, 3.05) is 0 Å². The van der Waals surface area contributed by atoms with Gasteiger partial charge in [-0.3, -0.25) is 0 Å². The van der Waals surface area contributed by atoms with E-state index in [1.165, 1.54) is 0 Å². The van der Waals surface area contributed by atoms with Crippen LogP contribution in [0.25, 0.3) is 0 Å². The van der Waals surface area contributed by atoms with Crippen molar-refractivity contribution in [2.45, 2.75) is 68.5 Å². The van der Waals surface area contributed by atoms with Crippen LogP contribution in [0, 0.1) is 11.8 Å². The minimum absolute atomic E-state index is 0.639. The van der Waals surface area contributed by atoms with Crippen LogP contribution in [0.3, 0.4) is 0 Å². The first kappa shape index (κ1) is 16.5. The zero-order chi connectivity index (χ0) is 16.3. The molecule has 0 N–H and O–H groups in total. The van der Waals surface area contributed by atoms with Gasteiger partial charge in [0.25, 0.3) is 0 Å². The second-order valence-electron chi connectivity index (χ2n) is 7.76. The largest absolute Gasteiger partial charge is 0.105 e. The van der Waals surface area contributed by atoms with E-state index in [1.807, 2.05) is 0 Å². The number of rotatable bonds is 2. The molecule has 2 atom stereocenters. The van der Waals surface area contributed by atoms with E-state index < -0.39 is 8.07 Å². The van der Waals surface area contributed by atoms with Crippen molar-refractivity contribution in [1.29, 1.82) is 0 Å². The maximum Gasteiger partial charge on any atom is 0.105 e. The van der Waals surface area contributed by atoms with Crippen LogP contribution in [0.15, 0.2) is 43.8 Å². The highest BCUT2D eigenvalue weighted by atomic mass is 28.3. The minimum atomic E-state index is -1.58. The molecule has 1 heteroatoms. The summed E-state index contributed by atoms with van der Waals surface area (Å²) >= 11 is 0. The van der Waals surface area contributed by atoms with Gasteiger partial charge in [-0.25, -0.2) is 0 Å². The third-order valence-electron chi connectivity index (χ3n) is 6.63. The van der Waals surface area contributed by atoms with Gasteiger partial charge in [-0.05, 0) is 64.5 Å². The Morgan fingerprint density at radius 2 is 0.857 bits per heavy atom. The molecule has 0 spiro atoms. The van der Waals surface area contributed by atoms with Crippen LogP contribution >= 0.6 is 0 Å². The second-order valence-corrected chi connectivity index (χ2v) is 12.1. The van der Waals surface area contributed by atoms with Gasteiger partial charge in [0.1, 0.15) is 8.07 Å². The Morgan fingerprint density at radius 1 is 0.571 bits per heavy atom. The summed E-state index contributed by atoms with van der Waals surface area (Å²) in [6.07, 6.45) is 0. The van der Waals surface area contributed by atoms with Crippen LogP contribution in [0.1, 0.15) is 55.4 Å². The van der Waals surface area contributed by atoms with Gasteiger partial charge in [0, 0.05) is 0 Å². The number of allylic oxidation sites excluding steroid dienone is 8. The lowest BCUT2D eigenvalue weighted by Gasteiger charge is -2.35. The Bertz CT molecular complexity index is 566. The predicted molar refractivity (Wildman–Crippen MR) is 98.0 cm³/mol. The Labute approximate surface area is 132 Å². The van der Waals surface area contributed by atoms with Gasteiger partial charge >= 0.3 is 0 Å². The summed E-state index contributed by atoms with van der Waals surface area (Å²) in [5.41, 5.74) is 9.45. The Kier molecular flexibility index (Phi) is 4.03. The fourth-order valence-corrected chi connectivity index (χ4v) is 10.0. The fourth-order valence-electron chi connectivity index (χ4n) is 4.89. The molecule has 0 fully saturated rings. The van der Waals surface area contributed by atoms with Gasteiger partial charge in [0.2, 0.25) is 0 Å². The van der Waals surface area contributed by atoms with Crippen LogP contribution in [0.5, 0.6) is 0 Å². The molecule has 0 heterocycles. The lowest BCUT2D eigenvalue weighted by molar-refractivity contribution is 0.824. The molecule has 2 aliphatic carbocycles. The Hall–Kier alpha value is -0.823. The zero-order valence-electron chi connectivity index (χ0n) is 15.7. The van der Waals surface area contributed by atoms with Crippen molar-refractivity contribution in [3.05, 3.63) is 43.8 Å². The van der Waals surface area contributed by atoms with Crippen molar-refractivity contribution >= 4 is 8.07 Å². The molecule has 0 nitrogen and oxygen atoms in total. The first-order valence-corrected chi connectivity index (χ1v) is 11.3. The summed E-state index contributed by atoms with van der Waals surface area (Å²) < 4.78 is 0. The maximum atomic E-state index is 2.58. The van der Waals surface area contributed by atoms with E-state index >= 15 is 0 Å². The highest BCUT2D eigenvalue weighted by Gasteiger charge is 2.43. The molecule has 0 radical (unpaired) electrons. The fraction of sp³-hybridized carbons (Fsp3) is 0.600. The summed E-state index contributed by atoms with van der Waals surface area (Å²) in [6.45, 7) is 24.0. The van der Waals surface area contributed by atoms with Gasteiger partial charge in [-0.1, -0.05) is 59.6 Å². The molecule has 116 valence electrons. The predicted octanol–water partition coefficient (Wildman–Crippen LogP) is 6.38. The highest BCUT2D eigenvalue weighted by Crippen LogP contribution is 2.49. The van der Waals surface area contributed by atoms with Crippen LogP contribution in [0.4, 0.5) is 0 Å². The molecule has 21 heavy (non-hydrogen) atoms. The minimum Gasteiger partial charge on any atom is -0.0665 e. The van der Waals surface area contributed by atoms with Gasteiger partial charge in [0.05, 0.1) is 0 Å². The molecule has 2 aliphatic rings. The molecular formula is C20H32Si. The maximum absolute atomic E-state index is 2.58. The highest BCUT2D eigenvalue weighted by molar-refractivity contribution is 6.91. The van der Waals surface area contributed by atoms with Gasteiger partial charge in [-0.15, -0.1) is 0 Å². The molecule has 0 aromatic heterocycles. The van der Waals surface area contributed by atoms with Crippen LogP contribution in [-0.4, -0.2) is 8.07 Å². The third-order valence-corrected chi connectivity index (χ3v) is 10.9. The van der Waals surface area contributed by atoms with Crippen molar-refractivity contribution in [2.24, 2.45) is 11.8 Å². The quantitative estimate of drug-likeness (QED) is 0.519. The smallest absolute Gasteiger partial charge is 0.0665 e. The molecule has 0 aromatic carbocycles. The van der Waals surface area contributed by atoms with E-state index in [0.29, 0.717) is 11.8 Å². The van der Waals surface area contributed by atoms with E-state index in [0.717, 1.165) is 0 Å². The van der Waals surface area contributed by atoms with E-state index in [9.17, 15) is 0 Å². The Morgan fingerprint density at radius 3 is 1.05 bits per heavy atom. The molecule has 2 rings (SSSR count). The summed E-state index contributed by atoms with van der Waals surface area (Å²) in [5, 5.41) is 3.56. The van der Waals surface area contributed by atoms with E-state index in [2.05, 4.69) is 68.5 Å². The summed E-state index contributed by atoms with van der Waals surface area (Å²) in [7, 11) is -1.58. The van der Waals surface area contributed by atoms with Crippen molar-refractivity contribution < 1.29 is 0 Å². The normalized spacial score (nSPS) is 27.7.